The predicted octanol–water partition coefficient (Wildman–Crippen LogP) is 1.02. The molecule has 3 heterocycles. The number of nitrogens with zero attached hydrogens (tertiary/aromatic N) is 1. The number of likely N-dealkylation sites (tertiary alicyclic amines) is 1. The molecule has 0 aromatic rings. The fourth-order valence-corrected chi connectivity index (χ4v) is 8.22. The molecule has 1 spiro atoms. The van der Waals surface area contributed by atoms with Gasteiger partial charge in [-0.3, -0.25) is 15.4 Å². The number of hydrogen-bond donors (Lipinski definition) is 5. The largest absolute Gasteiger partial charge is 0.390 e. The van der Waals surface area contributed by atoms with Gasteiger partial charge in [-0.1, -0.05) is 6.92 Å². The summed E-state index contributed by atoms with van der Waals surface area (Å²) in [7, 11) is 0. The molecule has 9 nitrogen and oxygen atoms in total. The van der Waals surface area contributed by atoms with Gasteiger partial charge in [0.15, 0.2) is 0 Å². The molecule has 7 unspecified atom stereocenters. The third kappa shape index (κ3) is 6.56. The van der Waals surface area contributed by atoms with Crippen molar-refractivity contribution in [3.63, 3.8) is 0 Å². The van der Waals surface area contributed by atoms with Crippen LogP contribution in [0.5, 0.6) is 0 Å². The number of aliphatic hydroxyl groups excluding tert-OH is 1. The fraction of sp³-hybridized carbons (Fsp3) is 0.966. The number of β-amino-alcohol motifs (C(OH)–C–C–N with tert-alkyl or cyclic N) is 1. The molecule has 6 rings (SSSR count). The number of ether oxygens (including phenoxy) is 2. The average molecular weight is 534 g/mol. The molecule has 38 heavy (non-hydrogen) atoms. The van der Waals surface area contributed by atoms with E-state index in [0.717, 1.165) is 51.9 Å². The lowest BCUT2D eigenvalue weighted by Gasteiger charge is -2.47. The number of hydrogen-bond acceptors (Lipinski definition) is 8. The molecule has 0 bridgehead atoms. The highest BCUT2D eigenvalue weighted by Crippen LogP contribution is 2.60. The number of carbonyl (C=O) groups excluding carboxylic acids is 1. The second-order valence-electron chi connectivity index (χ2n) is 13.6. The molecular weight excluding hydrogens is 482 g/mol. The van der Waals surface area contributed by atoms with Crippen molar-refractivity contribution >= 4 is 5.91 Å². The smallest absolute Gasteiger partial charge is 0.223 e. The van der Waals surface area contributed by atoms with Crippen molar-refractivity contribution in [2.75, 3.05) is 52.6 Å². The molecular formula is C29H51N5O4. The van der Waals surface area contributed by atoms with Gasteiger partial charge in [-0.25, -0.2) is 0 Å². The monoisotopic (exact) mass is 533 g/mol. The van der Waals surface area contributed by atoms with Crippen LogP contribution in [0.2, 0.25) is 0 Å². The highest BCUT2D eigenvalue weighted by atomic mass is 16.5. The lowest BCUT2D eigenvalue weighted by molar-refractivity contribution is -0.126. The van der Waals surface area contributed by atoms with Gasteiger partial charge in [0, 0.05) is 38.1 Å². The SMILES string of the molecule is CC1C(OCC2CNCO2)CCC2CN(C[C@@H](O)CNC(=O)C3CCNC(NC4CC5(CC5)C4)C3)CCC21. The maximum Gasteiger partial charge on any atom is 0.223 e. The van der Waals surface area contributed by atoms with Crippen LogP contribution in [0.3, 0.4) is 0 Å². The van der Waals surface area contributed by atoms with Gasteiger partial charge in [-0.2, -0.15) is 0 Å². The van der Waals surface area contributed by atoms with E-state index in [2.05, 4.69) is 33.1 Å². The lowest BCUT2D eigenvalue weighted by atomic mass is 9.68. The summed E-state index contributed by atoms with van der Waals surface area (Å²) in [5.74, 6) is 2.07. The van der Waals surface area contributed by atoms with Crippen molar-refractivity contribution in [1.82, 2.24) is 26.2 Å². The maximum absolute atomic E-state index is 12.9. The predicted molar refractivity (Wildman–Crippen MR) is 145 cm³/mol. The minimum Gasteiger partial charge on any atom is -0.390 e. The summed E-state index contributed by atoms with van der Waals surface area (Å²) >= 11 is 0. The molecule has 0 aromatic heterocycles. The summed E-state index contributed by atoms with van der Waals surface area (Å²) in [4.78, 5) is 15.3. The summed E-state index contributed by atoms with van der Waals surface area (Å²) < 4.78 is 11.9. The number of nitrogens with one attached hydrogen (secondary N) is 4. The molecule has 216 valence electrons. The molecule has 0 radical (unpaired) electrons. The number of amides is 1. The molecule has 5 N–H and O–H groups in total. The zero-order chi connectivity index (χ0) is 26.1. The van der Waals surface area contributed by atoms with Crippen LogP contribution in [-0.4, -0.2) is 99.0 Å². The van der Waals surface area contributed by atoms with E-state index >= 15 is 0 Å². The van der Waals surface area contributed by atoms with E-state index in [1.165, 1.54) is 32.1 Å². The molecule has 6 aliphatic rings. The van der Waals surface area contributed by atoms with Crippen LogP contribution in [0, 0.1) is 29.1 Å². The molecule has 1 amide bonds. The summed E-state index contributed by atoms with van der Waals surface area (Å²) in [5, 5.41) is 24.4. The van der Waals surface area contributed by atoms with Crippen molar-refractivity contribution in [2.45, 2.75) is 95.2 Å². The average Bonchev–Trinajstić information content (AvgIpc) is 3.52. The first-order valence-corrected chi connectivity index (χ1v) is 15.6. The quantitative estimate of drug-likeness (QED) is 0.283. The van der Waals surface area contributed by atoms with Gasteiger partial charge in [0.2, 0.25) is 5.91 Å². The van der Waals surface area contributed by atoms with E-state index in [1.54, 1.807) is 0 Å². The second kappa shape index (κ2) is 12.0. The van der Waals surface area contributed by atoms with Gasteiger partial charge in [0.05, 0.1) is 37.8 Å². The maximum atomic E-state index is 12.9. The van der Waals surface area contributed by atoms with Crippen LogP contribution >= 0.6 is 0 Å². The summed E-state index contributed by atoms with van der Waals surface area (Å²) in [6.07, 6.45) is 10.9. The van der Waals surface area contributed by atoms with Crippen molar-refractivity contribution < 1.29 is 19.4 Å². The molecule has 9 heteroatoms. The van der Waals surface area contributed by atoms with Crippen LogP contribution in [0.15, 0.2) is 0 Å². The lowest BCUT2D eigenvalue weighted by Crippen LogP contribution is -2.56. The Morgan fingerprint density at radius 1 is 1.24 bits per heavy atom. The summed E-state index contributed by atoms with van der Waals surface area (Å²) in [6.45, 7) is 8.52. The van der Waals surface area contributed by atoms with Gasteiger partial charge in [0.25, 0.3) is 0 Å². The molecule has 0 aromatic carbocycles. The van der Waals surface area contributed by atoms with Crippen LogP contribution in [0.4, 0.5) is 0 Å². The molecule has 3 saturated heterocycles. The van der Waals surface area contributed by atoms with Gasteiger partial charge < -0.3 is 30.1 Å². The Morgan fingerprint density at radius 2 is 2.11 bits per heavy atom. The van der Waals surface area contributed by atoms with Crippen molar-refractivity contribution in [2.24, 2.45) is 29.1 Å². The molecule has 3 saturated carbocycles. The normalized spacial score (nSPS) is 39.9. The zero-order valence-corrected chi connectivity index (χ0v) is 23.3. The molecule has 8 atom stereocenters. The molecule has 3 aliphatic carbocycles. The van der Waals surface area contributed by atoms with Crippen LogP contribution < -0.4 is 21.3 Å². The summed E-state index contributed by atoms with van der Waals surface area (Å²) in [5.41, 5.74) is 0.698. The highest BCUT2D eigenvalue weighted by molar-refractivity contribution is 5.78. The minimum atomic E-state index is -0.520. The first kappa shape index (κ1) is 27.4. The van der Waals surface area contributed by atoms with E-state index in [4.69, 9.17) is 9.47 Å². The Labute approximate surface area is 228 Å². The Kier molecular flexibility index (Phi) is 8.62. The Bertz CT molecular complexity index is 798. The van der Waals surface area contributed by atoms with Crippen molar-refractivity contribution in [3.05, 3.63) is 0 Å². The number of aliphatic hydroxyl groups is 1. The number of carbonyl (C=O) groups is 1. The molecule has 6 fully saturated rings. The first-order valence-electron chi connectivity index (χ1n) is 15.6. The van der Waals surface area contributed by atoms with E-state index in [1.807, 2.05) is 0 Å². The molecule has 3 aliphatic heterocycles. The van der Waals surface area contributed by atoms with Crippen molar-refractivity contribution in [1.29, 1.82) is 0 Å². The number of rotatable bonds is 10. The topological polar surface area (TPSA) is 107 Å². The van der Waals surface area contributed by atoms with E-state index in [9.17, 15) is 9.90 Å². The number of fused-ring (bicyclic) bond motifs is 1. The van der Waals surface area contributed by atoms with Crippen LogP contribution in [0.1, 0.15) is 64.7 Å². The van der Waals surface area contributed by atoms with Crippen LogP contribution in [-0.2, 0) is 14.3 Å². The van der Waals surface area contributed by atoms with Crippen molar-refractivity contribution in [3.8, 4) is 0 Å². The van der Waals surface area contributed by atoms with Gasteiger partial charge in [-0.15, -0.1) is 0 Å². The van der Waals surface area contributed by atoms with Gasteiger partial charge >= 0.3 is 0 Å². The fourth-order valence-electron chi connectivity index (χ4n) is 8.22. The first-order chi connectivity index (χ1) is 18.5. The Morgan fingerprint density at radius 3 is 2.89 bits per heavy atom. The highest BCUT2D eigenvalue weighted by Gasteiger charge is 2.53. The minimum absolute atomic E-state index is 0.0297. The zero-order valence-electron chi connectivity index (χ0n) is 23.3. The van der Waals surface area contributed by atoms with Gasteiger partial charge in [-0.05, 0) is 94.0 Å². The Balaban J connectivity index is 0.877. The van der Waals surface area contributed by atoms with E-state index in [-0.39, 0.29) is 24.1 Å². The summed E-state index contributed by atoms with van der Waals surface area (Å²) in [6, 6.07) is 0.623. The standard InChI is InChI=1S/C29H51N5O4/c1-19-25-5-9-34(15-21(25)2-3-26(19)37-17-24-14-30-18-38-24)16-23(35)13-32-28(36)20-4-8-31-27(10-20)33-22-11-29(12-22)6-7-29/h19-27,30-31,33,35H,2-18H2,1H3,(H,32,36)/t19?,20?,21?,23-,24?,25?,26?,27?/m0/s1. The number of piperidine rings is 2. The third-order valence-corrected chi connectivity index (χ3v) is 10.8. The van der Waals surface area contributed by atoms with Crippen LogP contribution in [0.25, 0.3) is 0 Å². The second-order valence-corrected chi connectivity index (χ2v) is 13.6. The van der Waals surface area contributed by atoms with E-state index < -0.39 is 6.10 Å². The van der Waals surface area contributed by atoms with Gasteiger partial charge in [0.1, 0.15) is 0 Å². The Hall–Kier alpha value is -0.810. The van der Waals surface area contributed by atoms with E-state index in [0.29, 0.717) is 61.7 Å². The third-order valence-electron chi connectivity index (χ3n) is 10.8.